The highest BCUT2D eigenvalue weighted by molar-refractivity contribution is 6.31. The minimum Gasteiger partial charge on any atom is -0.488 e. The number of benzene rings is 2. The molecule has 0 heterocycles. The molecular weight excluding hydrogens is 270 g/mol. The molecule has 0 aromatic heterocycles. The zero-order chi connectivity index (χ0) is 14.7. The smallest absolute Gasteiger partial charge is 0.124 e. The summed E-state index contributed by atoms with van der Waals surface area (Å²) in [5.41, 5.74) is 10.3. The van der Waals surface area contributed by atoms with E-state index in [1.807, 2.05) is 57.2 Å². The van der Waals surface area contributed by atoms with E-state index in [9.17, 15) is 0 Å². The first-order valence-electron chi connectivity index (χ1n) is 6.71. The van der Waals surface area contributed by atoms with Crippen LogP contribution >= 0.6 is 11.6 Å². The van der Waals surface area contributed by atoms with Gasteiger partial charge in [0.1, 0.15) is 12.4 Å². The van der Waals surface area contributed by atoms with Gasteiger partial charge in [0, 0.05) is 22.2 Å². The molecule has 2 N–H and O–H groups in total. The molecule has 3 heteroatoms. The van der Waals surface area contributed by atoms with Gasteiger partial charge in [0.15, 0.2) is 0 Å². The summed E-state index contributed by atoms with van der Waals surface area (Å²) in [6.07, 6.45) is 0. The lowest BCUT2D eigenvalue weighted by molar-refractivity contribution is 0.301. The van der Waals surface area contributed by atoms with Crippen molar-refractivity contribution in [1.82, 2.24) is 0 Å². The summed E-state index contributed by atoms with van der Waals surface area (Å²) >= 11 is 6.22. The van der Waals surface area contributed by atoms with Crippen LogP contribution in [0.15, 0.2) is 36.4 Å². The third-order valence-electron chi connectivity index (χ3n) is 3.25. The van der Waals surface area contributed by atoms with Crippen molar-refractivity contribution in [2.24, 2.45) is 5.73 Å². The summed E-state index contributed by atoms with van der Waals surface area (Å²) in [5, 5.41) is 0.736. The van der Waals surface area contributed by atoms with Crippen molar-refractivity contribution in [3.63, 3.8) is 0 Å². The lowest BCUT2D eigenvalue weighted by atomic mass is 10.1. The van der Waals surface area contributed by atoms with Crippen LogP contribution in [-0.4, -0.2) is 0 Å². The molecule has 0 radical (unpaired) electrons. The van der Waals surface area contributed by atoms with E-state index in [2.05, 4.69) is 0 Å². The fourth-order valence-electron chi connectivity index (χ4n) is 2.07. The first-order chi connectivity index (χ1) is 9.47. The van der Waals surface area contributed by atoms with Gasteiger partial charge in [0.25, 0.3) is 0 Å². The Balaban J connectivity index is 2.20. The molecule has 2 aromatic carbocycles. The van der Waals surface area contributed by atoms with Crippen LogP contribution in [0.4, 0.5) is 0 Å². The molecule has 106 valence electrons. The van der Waals surface area contributed by atoms with Crippen molar-refractivity contribution >= 4 is 11.6 Å². The van der Waals surface area contributed by atoms with E-state index < -0.39 is 0 Å². The van der Waals surface area contributed by atoms with Gasteiger partial charge >= 0.3 is 0 Å². The van der Waals surface area contributed by atoms with Crippen LogP contribution in [0, 0.1) is 13.8 Å². The lowest BCUT2D eigenvalue weighted by Crippen LogP contribution is -2.08. The number of hydrogen-bond donors (Lipinski definition) is 1. The molecule has 0 aliphatic carbocycles. The maximum atomic E-state index is 6.22. The zero-order valence-electron chi connectivity index (χ0n) is 12.1. The molecule has 0 amide bonds. The molecule has 1 atom stereocenters. The molecule has 0 saturated heterocycles. The van der Waals surface area contributed by atoms with Gasteiger partial charge in [-0.3, -0.25) is 0 Å². The van der Waals surface area contributed by atoms with Crippen LogP contribution in [0.5, 0.6) is 5.75 Å². The summed E-state index contributed by atoms with van der Waals surface area (Å²) in [4.78, 5) is 0. The second-order valence-corrected chi connectivity index (χ2v) is 5.62. The lowest BCUT2D eigenvalue weighted by Gasteiger charge is -2.15. The normalized spacial score (nSPS) is 12.2. The molecule has 0 bridgehead atoms. The topological polar surface area (TPSA) is 35.2 Å². The SMILES string of the molecule is Cc1ccc(COc2cc(C)ccc2[C@@H](C)N)c(Cl)c1. The van der Waals surface area contributed by atoms with E-state index in [-0.39, 0.29) is 6.04 Å². The third kappa shape index (κ3) is 3.53. The molecule has 0 spiro atoms. The molecule has 2 aromatic rings. The van der Waals surface area contributed by atoms with Crippen molar-refractivity contribution < 1.29 is 4.74 Å². The standard InChI is InChI=1S/C17H20ClNO/c1-11-4-6-14(16(18)8-11)10-20-17-9-12(2)5-7-15(17)13(3)19/h4-9,13H,10,19H2,1-3H3/t13-/m1/s1. The van der Waals surface area contributed by atoms with Gasteiger partial charge in [-0.25, -0.2) is 0 Å². The first kappa shape index (κ1) is 14.9. The van der Waals surface area contributed by atoms with Gasteiger partial charge < -0.3 is 10.5 Å². The van der Waals surface area contributed by atoms with Crippen molar-refractivity contribution in [3.8, 4) is 5.75 Å². The highest BCUT2D eigenvalue weighted by Gasteiger charge is 2.09. The van der Waals surface area contributed by atoms with E-state index in [1.165, 1.54) is 0 Å². The molecule has 20 heavy (non-hydrogen) atoms. The minimum atomic E-state index is -0.0564. The van der Waals surface area contributed by atoms with Gasteiger partial charge in [-0.05, 0) is 44.0 Å². The van der Waals surface area contributed by atoms with Gasteiger partial charge in [0.05, 0.1) is 0 Å². The first-order valence-corrected chi connectivity index (χ1v) is 7.09. The Morgan fingerprint density at radius 2 is 1.75 bits per heavy atom. The van der Waals surface area contributed by atoms with Crippen LogP contribution in [-0.2, 0) is 6.61 Å². The zero-order valence-corrected chi connectivity index (χ0v) is 12.9. The Labute approximate surface area is 125 Å². The minimum absolute atomic E-state index is 0.0564. The van der Waals surface area contributed by atoms with E-state index >= 15 is 0 Å². The molecule has 0 fully saturated rings. The average molecular weight is 290 g/mol. The Bertz CT molecular complexity index is 608. The summed E-state index contributed by atoms with van der Waals surface area (Å²) in [6.45, 7) is 6.46. The maximum Gasteiger partial charge on any atom is 0.124 e. The van der Waals surface area contributed by atoms with Crippen molar-refractivity contribution in [1.29, 1.82) is 0 Å². The summed E-state index contributed by atoms with van der Waals surface area (Å²) in [5.74, 6) is 0.830. The van der Waals surface area contributed by atoms with Crippen LogP contribution in [0.2, 0.25) is 5.02 Å². The van der Waals surface area contributed by atoms with Crippen LogP contribution in [0.25, 0.3) is 0 Å². The van der Waals surface area contributed by atoms with Gasteiger partial charge in [-0.2, -0.15) is 0 Å². The van der Waals surface area contributed by atoms with E-state index in [4.69, 9.17) is 22.1 Å². The average Bonchev–Trinajstić information content (AvgIpc) is 2.37. The van der Waals surface area contributed by atoms with Crippen molar-refractivity contribution in [3.05, 3.63) is 63.7 Å². The Hall–Kier alpha value is -1.51. The number of hydrogen-bond acceptors (Lipinski definition) is 2. The predicted molar refractivity (Wildman–Crippen MR) is 84.3 cm³/mol. The number of halogens is 1. The summed E-state index contributed by atoms with van der Waals surface area (Å²) < 4.78 is 5.92. The molecule has 2 rings (SSSR count). The number of aryl methyl sites for hydroxylation is 2. The monoisotopic (exact) mass is 289 g/mol. The van der Waals surface area contributed by atoms with Crippen LogP contribution in [0.1, 0.15) is 35.2 Å². The van der Waals surface area contributed by atoms with Crippen LogP contribution in [0.3, 0.4) is 0 Å². The van der Waals surface area contributed by atoms with Crippen molar-refractivity contribution in [2.75, 3.05) is 0 Å². The second-order valence-electron chi connectivity index (χ2n) is 5.21. The number of nitrogens with two attached hydrogens (primary N) is 1. The predicted octanol–water partition coefficient (Wildman–Crippen LogP) is 4.56. The molecule has 0 saturated carbocycles. The van der Waals surface area contributed by atoms with Gasteiger partial charge in [-0.1, -0.05) is 35.9 Å². The highest BCUT2D eigenvalue weighted by atomic mass is 35.5. The van der Waals surface area contributed by atoms with E-state index in [1.54, 1.807) is 0 Å². The Morgan fingerprint density at radius 3 is 2.40 bits per heavy atom. The third-order valence-corrected chi connectivity index (χ3v) is 3.60. The molecule has 0 unspecified atom stereocenters. The molecular formula is C17H20ClNO. The number of ether oxygens (including phenoxy) is 1. The summed E-state index contributed by atoms with van der Waals surface area (Å²) in [7, 11) is 0. The highest BCUT2D eigenvalue weighted by Crippen LogP contribution is 2.27. The fourth-order valence-corrected chi connectivity index (χ4v) is 2.36. The maximum absolute atomic E-state index is 6.22. The Kier molecular flexibility index (Phi) is 4.69. The second kappa shape index (κ2) is 6.29. The quantitative estimate of drug-likeness (QED) is 0.896. The van der Waals surface area contributed by atoms with E-state index in [0.29, 0.717) is 6.61 Å². The van der Waals surface area contributed by atoms with Crippen molar-refractivity contribution in [2.45, 2.75) is 33.4 Å². The fraction of sp³-hybridized carbons (Fsp3) is 0.294. The Morgan fingerprint density at radius 1 is 1.10 bits per heavy atom. The largest absolute Gasteiger partial charge is 0.488 e. The summed E-state index contributed by atoms with van der Waals surface area (Å²) in [6, 6.07) is 12.0. The van der Waals surface area contributed by atoms with E-state index in [0.717, 1.165) is 33.0 Å². The van der Waals surface area contributed by atoms with Crippen LogP contribution < -0.4 is 10.5 Å². The molecule has 0 aliphatic heterocycles. The number of rotatable bonds is 4. The van der Waals surface area contributed by atoms with Gasteiger partial charge in [0.2, 0.25) is 0 Å². The van der Waals surface area contributed by atoms with Gasteiger partial charge in [-0.15, -0.1) is 0 Å². The molecule has 0 aliphatic rings. The molecule has 2 nitrogen and oxygen atoms in total.